The van der Waals surface area contributed by atoms with E-state index >= 15 is 0 Å². The number of benzene rings is 2. The third-order valence-corrected chi connectivity index (χ3v) is 2.13. The summed E-state index contributed by atoms with van der Waals surface area (Å²) in [7, 11) is 0. The number of phenols is 2. The minimum atomic E-state index is 0. The van der Waals surface area contributed by atoms with Gasteiger partial charge in [0.25, 0.3) is 0 Å². The third kappa shape index (κ3) is 11.0. The van der Waals surface area contributed by atoms with Gasteiger partial charge in [0.2, 0.25) is 0 Å². The number of rotatable bonds is 2. The molecule has 0 radical (unpaired) electrons. The van der Waals surface area contributed by atoms with Gasteiger partial charge in [-0.1, -0.05) is 24.3 Å². The zero-order valence-corrected chi connectivity index (χ0v) is 13.9. The topological polar surface area (TPSA) is 135 Å². The maximum atomic E-state index is 10.1. The molecule has 0 aliphatic heterocycles. The molecule has 2 aromatic rings. The van der Waals surface area contributed by atoms with Crippen LogP contribution in [0.5, 0.6) is 11.5 Å². The van der Waals surface area contributed by atoms with Crippen LogP contribution in [0.25, 0.3) is 0 Å². The molecule has 6 nitrogen and oxygen atoms in total. The van der Waals surface area contributed by atoms with Crippen LogP contribution in [0.2, 0.25) is 0 Å². The van der Waals surface area contributed by atoms with Crippen LogP contribution in [0, 0.1) is 0 Å². The fraction of sp³-hybridized carbons (Fsp3) is 0. The smallest absolute Gasteiger partial charge is 0.153 e. The molecular formula is C16H18O6Ti-2. The van der Waals surface area contributed by atoms with Crippen LogP contribution in [0.1, 0.15) is 20.7 Å². The van der Waals surface area contributed by atoms with Crippen LogP contribution in [0.15, 0.2) is 61.7 Å². The molecule has 0 aromatic heterocycles. The molecular weight excluding hydrogens is 336 g/mol. The van der Waals surface area contributed by atoms with Gasteiger partial charge in [0, 0.05) is 21.7 Å². The average molecular weight is 354 g/mol. The molecule has 7 heteroatoms. The first kappa shape index (κ1) is 28.9. The molecule has 124 valence electrons. The molecule has 0 bridgehead atoms. The van der Waals surface area contributed by atoms with Gasteiger partial charge in [0.1, 0.15) is 11.5 Å². The predicted octanol–water partition coefficient (Wildman–Crippen LogP) is 2.86. The monoisotopic (exact) mass is 354 g/mol. The molecule has 2 aromatic carbocycles. The fourth-order valence-electron chi connectivity index (χ4n) is 1.17. The van der Waals surface area contributed by atoms with E-state index in [9.17, 15) is 9.59 Å². The number of carbonyl (C=O) groups is 2. The Balaban J connectivity index is -0.000000127. The molecule has 4 N–H and O–H groups in total. The summed E-state index contributed by atoms with van der Waals surface area (Å²) in [6, 6.07) is 12.8. The van der Waals surface area contributed by atoms with Crippen LogP contribution < -0.4 is 0 Å². The summed E-state index contributed by atoms with van der Waals surface area (Å²) in [4.78, 5) is 20.1. The van der Waals surface area contributed by atoms with Gasteiger partial charge in [0.05, 0.1) is 11.1 Å². The van der Waals surface area contributed by atoms with Gasteiger partial charge in [0.15, 0.2) is 12.6 Å². The molecule has 0 heterocycles. The number of aldehydes is 2. The van der Waals surface area contributed by atoms with E-state index in [1.54, 1.807) is 36.4 Å². The standard InChI is InChI=1S/2C7H6O2.C2H4.2H2O.Ti/c2*8-5-6-3-1-2-4-7(6)9;1-2;;;/h2*1-5,9H;1-2H2;2*1H2;/p-2. The Bertz CT molecular complexity index is 510. The van der Waals surface area contributed by atoms with E-state index in [-0.39, 0.29) is 44.2 Å². The summed E-state index contributed by atoms with van der Waals surface area (Å²) in [5.41, 5.74) is 0.662. The zero-order chi connectivity index (χ0) is 15.4. The molecule has 0 saturated heterocycles. The minimum Gasteiger partial charge on any atom is -0.870 e. The normalized spacial score (nSPS) is 7.13. The summed E-state index contributed by atoms with van der Waals surface area (Å²) in [6.07, 6.45) is 1.24. The van der Waals surface area contributed by atoms with Crippen LogP contribution in [-0.4, -0.2) is 33.7 Å². The summed E-state index contributed by atoms with van der Waals surface area (Å²) in [5, 5.41) is 17.8. The third-order valence-electron chi connectivity index (χ3n) is 2.13. The van der Waals surface area contributed by atoms with Gasteiger partial charge < -0.3 is 21.2 Å². The Morgan fingerprint density at radius 2 is 0.957 bits per heavy atom. The Hall–Kier alpha value is -2.25. The maximum absolute atomic E-state index is 10.1. The van der Waals surface area contributed by atoms with Crippen molar-refractivity contribution in [3.8, 4) is 11.5 Å². The van der Waals surface area contributed by atoms with Crippen LogP contribution in [0.4, 0.5) is 0 Å². The van der Waals surface area contributed by atoms with Gasteiger partial charge in [-0.05, 0) is 24.3 Å². The first-order valence-corrected chi connectivity index (χ1v) is 5.65. The molecule has 0 amide bonds. The minimum absolute atomic E-state index is 0. The molecule has 0 fully saturated rings. The first-order chi connectivity index (χ1) is 9.69. The average Bonchev–Trinajstić information content (AvgIpc) is 2.51. The van der Waals surface area contributed by atoms with Crippen LogP contribution in [-0.2, 0) is 21.7 Å². The molecule has 2 rings (SSSR count). The van der Waals surface area contributed by atoms with E-state index in [4.69, 9.17) is 10.2 Å². The number of carbonyl (C=O) groups excluding carboxylic acids is 2. The summed E-state index contributed by atoms with van der Waals surface area (Å²) in [5.74, 6) is 0.0694. The number of hydrogen-bond acceptors (Lipinski definition) is 6. The summed E-state index contributed by atoms with van der Waals surface area (Å²) >= 11 is 0. The van der Waals surface area contributed by atoms with E-state index in [0.717, 1.165) is 0 Å². The van der Waals surface area contributed by atoms with E-state index in [1.165, 1.54) is 12.1 Å². The molecule has 0 aliphatic carbocycles. The van der Waals surface area contributed by atoms with Crippen molar-refractivity contribution in [2.75, 3.05) is 0 Å². The van der Waals surface area contributed by atoms with Crippen molar-refractivity contribution in [3.05, 3.63) is 72.8 Å². The molecule has 0 aliphatic rings. The van der Waals surface area contributed by atoms with Gasteiger partial charge in [-0.2, -0.15) is 0 Å². The van der Waals surface area contributed by atoms with Crippen molar-refractivity contribution < 1.29 is 52.5 Å². The molecule has 23 heavy (non-hydrogen) atoms. The summed E-state index contributed by atoms with van der Waals surface area (Å²) in [6.45, 7) is 6.00. The van der Waals surface area contributed by atoms with Crippen molar-refractivity contribution in [3.63, 3.8) is 0 Å². The number of hydrogen-bond donors (Lipinski definition) is 2. The fourth-order valence-corrected chi connectivity index (χ4v) is 1.17. The van der Waals surface area contributed by atoms with Crippen molar-refractivity contribution >= 4 is 12.6 Å². The van der Waals surface area contributed by atoms with Crippen molar-refractivity contribution in [2.45, 2.75) is 0 Å². The largest absolute Gasteiger partial charge is 0.870 e. The molecule has 0 unspecified atom stereocenters. The number of phenolic OH excluding ortho intramolecular Hbond substituents is 2. The molecule has 0 saturated carbocycles. The van der Waals surface area contributed by atoms with E-state index in [2.05, 4.69) is 13.2 Å². The second kappa shape index (κ2) is 17.8. The van der Waals surface area contributed by atoms with E-state index in [0.29, 0.717) is 23.7 Å². The number of para-hydroxylation sites is 2. The Labute approximate surface area is 149 Å². The van der Waals surface area contributed by atoms with Gasteiger partial charge >= 0.3 is 0 Å². The SMILES string of the molecule is C=C.O=Cc1ccccc1O.O=Cc1ccccc1O.[OH-].[OH-].[Ti]. The second-order valence-electron chi connectivity index (χ2n) is 3.35. The Morgan fingerprint density at radius 3 is 1.13 bits per heavy atom. The number of aromatic hydroxyl groups is 2. The van der Waals surface area contributed by atoms with Gasteiger partial charge in [-0.15, -0.1) is 13.2 Å². The van der Waals surface area contributed by atoms with Crippen molar-refractivity contribution in [1.82, 2.24) is 0 Å². The van der Waals surface area contributed by atoms with Crippen LogP contribution in [0.3, 0.4) is 0 Å². The molecule has 0 atom stereocenters. The maximum Gasteiger partial charge on any atom is 0.153 e. The predicted molar refractivity (Wildman–Crippen MR) is 82.1 cm³/mol. The van der Waals surface area contributed by atoms with Gasteiger partial charge in [-0.25, -0.2) is 0 Å². The van der Waals surface area contributed by atoms with E-state index < -0.39 is 0 Å². The van der Waals surface area contributed by atoms with Gasteiger partial charge in [-0.3, -0.25) is 9.59 Å². The van der Waals surface area contributed by atoms with Crippen molar-refractivity contribution in [2.24, 2.45) is 0 Å². The quantitative estimate of drug-likeness (QED) is 0.484. The van der Waals surface area contributed by atoms with E-state index in [1.807, 2.05) is 0 Å². The summed E-state index contributed by atoms with van der Waals surface area (Å²) < 4.78 is 0. The second-order valence-corrected chi connectivity index (χ2v) is 3.35. The van der Waals surface area contributed by atoms with Crippen LogP contribution >= 0.6 is 0 Å². The zero-order valence-electron chi connectivity index (χ0n) is 12.3. The van der Waals surface area contributed by atoms with Crippen molar-refractivity contribution in [1.29, 1.82) is 0 Å². The Morgan fingerprint density at radius 1 is 0.696 bits per heavy atom. The Kier molecular flexibility index (Phi) is 22.3. The molecule has 0 spiro atoms. The first-order valence-electron chi connectivity index (χ1n) is 5.65.